The fourth-order valence-electron chi connectivity index (χ4n) is 2.67. The highest BCUT2D eigenvalue weighted by molar-refractivity contribution is 5.05. The van der Waals surface area contributed by atoms with Crippen molar-refractivity contribution in [3.63, 3.8) is 0 Å². The van der Waals surface area contributed by atoms with Crippen LogP contribution in [0.4, 0.5) is 0 Å². The zero-order valence-electron chi connectivity index (χ0n) is 8.10. The summed E-state index contributed by atoms with van der Waals surface area (Å²) in [7, 11) is 0. The lowest BCUT2D eigenvalue weighted by atomic mass is 9.66. The quantitative estimate of drug-likeness (QED) is 0.641. The van der Waals surface area contributed by atoms with Crippen molar-refractivity contribution in [3.05, 3.63) is 0 Å². The van der Waals surface area contributed by atoms with Gasteiger partial charge in [-0.05, 0) is 24.7 Å². The van der Waals surface area contributed by atoms with E-state index in [4.69, 9.17) is 4.74 Å². The van der Waals surface area contributed by atoms with Gasteiger partial charge in [0.1, 0.15) is 0 Å². The zero-order chi connectivity index (χ0) is 8.60. The first-order valence-corrected chi connectivity index (χ1v) is 5.07. The van der Waals surface area contributed by atoms with E-state index in [-0.39, 0.29) is 0 Å². The number of rotatable bonds is 1. The summed E-state index contributed by atoms with van der Waals surface area (Å²) in [5.41, 5.74) is 0.465. The smallest absolute Gasteiger partial charge is 0.0483 e. The van der Waals surface area contributed by atoms with Gasteiger partial charge >= 0.3 is 0 Å². The van der Waals surface area contributed by atoms with Crippen LogP contribution in [0.3, 0.4) is 0 Å². The third kappa shape index (κ3) is 1.17. The largest absolute Gasteiger partial charge is 0.381 e. The molecule has 2 heteroatoms. The SMILES string of the molecule is CC(C)[C@@H]1CNC12CCOCC2. The molecule has 2 saturated heterocycles. The lowest BCUT2D eigenvalue weighted by Gasteiger charge is -2.54. The molecule has 0 bridgehead atoms. The van der Waals surface area contributed by atoms with Gasteiger partial charge in [-0.2, -0.15) is 0 Å². The first kappa shape index (κ1) is 8.52. The number of hydrogen-bond acceptors (Lipinski definition) is 2. The maximum atomic E-state index is 5.39. The molecule has 2 fully saturated rings. The van der Waals surface area contributed by atoms with Crippen molar-refractivity contribution in [2.75, 3.05) is 19.8 Å². The Morgan fingerprint density at radius 2 is 2.00 bits per heavy atom. The van der Waals surface area contributed by atoms with Crippen LogP contribution in [0.1, 0.15) is 26.7 Å². The molecular formula is C10H19NO. The lowest BCUT2D eigenvalue weighted by molar-refractivity contribution is -0.0442. The van der Waals surface area contributed by atoms with E-state index in [1.54, 1.807) is 0 Å². The standard InChI is InChI=1S/C10H19NO/c1-8(2)9-7-11-10(9)3-5-12-6-4-10/h8-9,11H,3-7H2,1-2H3/t9-/m0/s1. The van der Waals surface area contributed by atoms with Gasteiger partial charge in [0, 0.05) is 25.3 Å². The van der Waals surface area contributed by atoms with E-state index in [1.165, 1.54) is 19.4 Å². The van der Waals surface area contributed by atoms with E-state index in [1.807, 2.05) is 0 Å². The molecule has 2 nitrogen and oxygen atoms in total. The van der Waals surface area contributed by atoms with Crippen LogP contribution < -0.4 is 5.32 Å². The van der Waals surface area contributed by atoms with Crippen molar-refractivity contribution >= 4 is 0 Å². The predicted molar refractivity (Wildman–Crippen MR) is 49.1 cm³/mol. The molecule has 0 aromatic rings. The van der Waals surface area contributed by atoms with Crippen molar-refractivity contribution in [1.29, 1.82) is 0 Å². The molecule has 2 aliphatic rings. The Kier molecular flexibility index (Phi) is 2.13. The second kappa shape index (κ2) is 3.00. The van der Waals surface area contributed by atoms with Crippen molar-refractivity contribution in [2.24, 2.45) is 11.8 Å². The number of nitrogens with one attached hydrogen (secondary N) is 1. The minimum atomic E-state index is 0.465. The van der Waals surface area contributed by atoms with Gasteiger partial charge in [0.25, 0.3) is 0 Å². The molecule has 0 radical (unpaired) electrons. The molecule has 70 valence electrons. The molecule has 0 aromatic heterocycles. The minimum Gasteiger partial charge on any atom is -0.381 e. The lowest BCUT2D eigenvalue weighted by Crippen LogP contribution is -2.68. The fraction of sp³-hybridized carbons (Fsp3) is 1.00. The summed E-state index contributed by atoms with van der Waals surface area (Å²) in [6.07, 6.45) is 2.44. The molecule has 0 aromatic carbocycles. The molecular weight excluding hydrogens is 150 g/mol. The van der Waals surface area contributed by atoms with E-state index in [0.717, 1.165) is 25.0 Å². The van der Waals surface area contributed by atoms with E-state index in [9.17, 15) is 0 Å². The van der Waals surface area contributed by atoms with Crippen molar-refractivity contribution < 1.29 is 4.74 Å². The van der Waals surface area contributed by atoms with Crippen LogP contribution in [0.15, 0.2) is 0 Å². The molecule has 2 aliphatic heterocycles. The highest BCUT2D eigenvalue weighted by Gasteiger charge is 2.47. The monoisotopic (exact) mass is 169 g/mol. The summed E-state index contributed by atoms with van der Waals surface area (Å²) in [6.45, 7) is 7.80. The highest BCUT2D eigenvalue weighted by atomic mass is 16.5. The van der Waals surface area contributed by atoms with Gasteiger partial charge in [0.05, 0.1) is 0 Å². The van der Waals surface area contributed by atoms with Gasteiger partial charge in [-0.3, -0.25) is 0 Å². The molecule has 1 N–H and O–H groups in total. The molecule has 0 aliphatic carbocycles. The van der Waals surface area contributed by atoms with Gasteiger partial charge in [-0.25, -0.2) is 0 Å². The zero-order valence-corrected chi connectivity index (χ0v) is 8.10. The second-order valence-electron chi connectivity index (χ2n) is 4.50. The van der Waals surface area contributed by atoms with Gasteiger partial charge in [-0.15, -0.1) is 0 Å². The van der Waals surface area contributed by atoms with Crippen molar-refractivity contribution in [3.8, 4) is 0 Å². The molecule has 0 saturated carbocycles. The van der Waals surface area contributed by atoms with Crippen molar-refractivity contribution in [1.82, 2.24) is 5.32 Å². The molecule has 0 amide bonds. The van der Waals surface area contributed by atoms with Crippen LogP contribution in [0.2, 0.25) is 0 Å². The molecule has 0 unspecified atom stereocenters. The van der Waals surface area contributed by atoms with E-state index in [2.05, 4.69) is 19.2 Å². The second-order valence-corrected chi connectivity index (χ2v) is 4.50. The Bertz CT molecular complexity index is 161. The predicted octanol–water partition coefficient (Wildman–Crippen LogP) is 1.41. The normalized spacial score (nSPS) is 33.8. The maximum absolute atomic E-state index is 5.39. The fourth-order valence-corrected chi connectivity index (χ4v) is 2.67. The average Bonchev–Trinajstić information content (AvgIpc) is 2.03. The Morgan fingerprint density at radius 1 is 1.33 bits per heavy atom. The molecule has 2 rings (SSSR count). The van der Waals surface area contributed by atoms with Crippen LogP contribution in [0.25, 0.3) is 0 Å². The van der Waals surface area contributed by atoms with Gasteiger partial charge in [0.15, 0.2) is 0 Å². The summed E-state index contributed by atoms with van der Waals surface area (Å²) in [5, 5.41) is 3.61. The Hall–Kier alpha value is -0.0800. The average molecular weight is 169 g/mol. The Balaban J connectivity index is 2.00. The third-order valence-corrected chi connectivity index (χ3v) is 3.57. The van der Waals surface area contributed by atoms with Crippen molar-refractivity contribution in [2.45, 2.75) is 32.2 Å². The third-order valence-electron chi connectivity index (χ3n) is 3.57. The van der Waals surface area contributed by atoms with Crippen LogP contribution in [-0.2, 0) is 4.74 Å². The minimum absolute atomic E-state index is 0.465. The summed E-state index contributed by atoms with van der Waals surface area (Å²) >= 11 is 0. The first-order chi connectivity index (χ1) is 5.75. The van der Waals surface area contributed by atoms with E-state index in [0.29, 0.717) is 5.54 Å². The highest BCUT2D eigenvalue weighted by Crippen LogP contribution is 2.39. The summed E-state index contributed by atoms with van der Waals surface area (Å²) in [4.78, 5) is 0. The Labute approximate surface area is 74.7 Å². The van der Waals surface area contributed by atoms with Crippen LogP contribution >= 0.6 is 0 Å². The molecule has 1 atom stereocenters. The number of hydrogen-bond donors (Lipinski definition) is 1. The van der Waals surface area contributed by atoms with E-state index < -0.39 is 0 Å². The van der Waals surface area contributed by atoms with Gasteiger partial charge in [-0.1, -0.05) is 13.8 Å². The van der Waals surface area contributed by atoms with Gasteiger partial charge < -0.3 is 10.1 Å². The summed E-state index contributed by atoms with van der Waals surface area (Å²) in [5.74, 6) is 1.71. The maximum Gasteiger partial charge on any atom is 0.0483 e. The van der Waals surface area contributed by atoms with Gasteiger partial charge in [0.2, 0.25) is 0 Å². The van der Waals surface area contributed by atoms with Crippen LogP contribution in [0, 0.1) is 11.8 Å². The summed E-state index contributed by atoms with van der Waals surface area (Å²) in [6, 6.07) is 0. The first-order valence-electron chi connectivity index (χ1n) is 5.07. The Morgan fingerprint density at radius 3 is 2.42 bits per heavy atom. The molecule has 2 heterocycles. The summed E-state index contributed by atoms with van der Waals surface area (Å²) < 4.78 is 5.39. The molecule has 1 spiro atoms. The van der Waals surface area contributed by atoms with E-state index >= 15 is 0 Å². The van der Waals surface area contributed by atoms with Crippen LogP contribution in [0.5, 0.6) is 0 Å². The topological polar surface area (TPSA) is 21.3 Å². The molecule has 12 heavy (non-hydrogen) atoms. The number of ether oxygens (including phenoxy) is 1. The van der Waals surface area contributed by atoms with Crippen LogP contribution in [-0.4, -0.2) is 25.3 Å².